The third-order valence-electron chi connectivity index (χ3n) is 5.83. The summed E-state index contributed by atoms with van der Waals surface area (Å²) in [7, 11) is -3.48. The zero-order valence-corrected chi connectivity index (χ0v) is 17.9. The second-order valence-corrected chi connectivity index (χ2v) is 10.4. The Morgan fingerprint density at radius 3 is 2.25 bits per heavy atom. The number of nitrogens with zero attached hydrogens (tertiary/aromatic N) is 2. The van der Waals surface area contributed by atoms with Crippen LogP contribution in [0, 0.1) is 17.3 Å². The van der Waals surface area contributed by atoms with Gasteiger partial charge in [0.05, 0.1) is 5.92 Å². The quantitative estimate of drug-likeness (QED) is 0.710. The van der Waals surface area contributed by atoms with Crippen LogP contribution < -0.4 is 0 Å². The first-order valence-corrected chi connectivity index (χ1v) is 11.3. The van der Waals surface area contributed by atoms with Crippen molar-refractivity contribution in [3.05, 3.63) is 53.0 Å². The van der Waals surface area contributed by atoms with E-state index in [-0.39, 0.29) is 23.2 Å². The van der Waals surface area contributed by atoms with Crippen molar-refractivity contribution in [1.82, 2.24) is 9.21 Å². The first-order valence-electron chi connectivity index (χ1n) is 9.80. The van der Waals surface area contributed by atoms with Crippen molar-refractivity contribution in [2.24, 2.45) is 17.3 Å². The van der Waals surface area contributed by atoms with E-state index in [4.69, 9.17) is 0 Å². The number of allylic oxidation sites excluding steroid dienone is 2. The lowest BCUT2D eigenvalue weighted by atomic mass is 10.1. The van der Waals surface area contributed by atoms with Crippen LogP contribution in [-0.4, -0.2) is 49.7 Å². The first-order chi connectivity index (χ1) is 13.1. The van der Waals surface area contributed by atoms with E-state index in [1.165, 1.54) is 15.3 Å². The van der Waals surface area contributed by atoms with Crippen LogP contribution in [0.4, 0.5) is 0 Å². The number of carbonyl (C=O) groups is 1. The summed E-state index contributed by atoms with van der Waals surface area (Å²) in [4.78, 5) is 14.8. The third kappa shape index (κ3) is 4.39. The van der Waals surface area contributed by atoms with Crippen molar-refractivity contribution in [3.8, 4) is 0 Å². The molecule has 1 amide bonds. The van der Waals surface area contributed by atoms with Gasteiger partial charge in [-0.3, -0.25) is 4.79 Å². The lowest BCUT2D eigenvalue weighted by Crippen LogP contribution is -2.50. The van der Waals surface area contributed by atoms with Gasteiger partial charge in [-0.1, -0.05) is 55.8 Å². The number of benzene rings is 1. The van der Waals surface area contributed by atoms with Gasteiger partial charge in [-0.05, 0) is 36.8 Å². The normalized spacial score (nSPS) is 24.9. The summed E-state index contributed by atoms with van der Waals surface area (Å²) in [6, 6.07) is 9.37. The van der Waals surface area contributed by atoms with Gasteiger partial charge in [0.2, 0.25) is 15.9 Å². The monoisotopic (exact) mass is 402 g/mol. The molecule has 2 unspecified atom stereocenters. The van der Waals surface area contributed by atoms with Crippen LogP contribution in [0.2, 0.25) is 0 Å². The Bertz CT molecular complexity index is 876. The van der Waals surface area contributed by atoms with E-state index in [9.17, 15) is 13.2 Å². The number of rotatable bonds is 5. The van der Waals surface area contributed by atoms with E-state index in [1.807, 2.05) is 35.2 Å². The highest BCUT2D eigenvalue weighted by Crippen LogP contribution is 2.60. The number of sulfonamides is 1. The van der Waals surface area contributed by atoms with Crippen LogP contribution >= 0.6 is 0 Å². The summed E-state index contributed by atoms with van der Waals surface area (Å²) >= 11 is 0. The zero-order chi connectivity index (χ0) is 20.5. The maximum absolute atomic E-state index is 12.9. The van der Waals surface area contributed by atoms with Crippen LogP contribution in [0.15, 0.2) is 47.4 Å². The molecule has 152 valence electrons. The minimum Gasteiger partial charge on any atom is -0.340 e. The molecule has 28 heavy (non-hydrogen) atoms. The summed E-state index contributed by atoms with van der Waals surface area (Å²) in [5.74, 6) is 0.438. The van der Waals surface area contributed by atoms with Gasteiger partial charge < -0.3 is 4.90 Å². The number of hydrogen-bond acceptors (Lipinski definition) is 3. The SMILES string of the molecule is CC(C)=CC1C(C(=O)N2CCN(S(=O)(=O)/C=C/c3ccccc3)CC2)C1(C)C. The van der Waals surface area contributed by atoms with E-state index in [0.29, 0.717) is 26.2 Å². The van der Waals surface area contributed by atoms with Gasteiger partial charge in [-0.25, -0.2) is 8.42 Å². The molecule has 1 saturated carbocycles. The van der Waals surface area contributed by atoms with Crippen molar-refractivity contribution in [2.45, 2.75) is 27.7 Å². The molecule has 0 bridgehead atoms. The smallest absolute Gasteiger partial charge is 0.236 e. The van der Waals surface area contributed by atoms with E-state index in [1.54, 1.807) is 6.08 Å². The van der Waals surface area contributed by atoms with Crippen molar-refractivity contribution in [3.63, 3.8) is 0 Å². The predicted octanol–water partition coefficient (Wildman–Crippen LogP) is 3.37. The molecule has 0 aromatic heterocycles. The van der Waals surface area contributed by atoms with Crippen molar-refractivity contribution >= 4 is 22.0 Å². The second kappa shape index (κ2) is 7.84. The van der Waals surface area contributed by atoms with Gasteiger partial charge >= 0.3 is 0 Å². The average molecular weight is 403 g/mol. The van der Waals surface area contributed by atoms with Crippen LogP contribution in [0.25, 0.3) is 6.08 Å². The maximum atomic E-state index is 12.9. The molecule has 1 aliphatic heterocycles. The molecule has 1 heterocycles. The minimum atomic E-state index is -3.48. The second-order valence-electron chi connectivity index (χ2n) is 8.55. The Hall–Kier alpha value is -1.92. The molecule has 2 fully saturated rings. The van der Waals surface area contributed by atoms with Gasteiger partial charge in [0, 0.05) is 31.6 Å². The standard InChI is InChI=1S/C22H30N2O3S/c1-17(2)16-19-20(22(19,3)4)21(25)23-11-13-24(14-12-23)28(26,27)15-10-18-8-6-5-7-9-18/h5-10,15-16,19-20H,11-14H2,1-4H3/b15-10+. The first kappa shape index (κ1) is 20.8. The third-order valence-corrected chi connectivity index (χ3v) is 7.40. The molecule has 0 N–H and O–H groups in total. The molecule has 1 aromatic carbocycles. The van der Waals surface area contributed by atoms with Crippen molar-refractivity contribution < 1.29 is 13.2 Å². The Labute approximate surface area is 168 Å². The number of hydrogen-bond donors (Lipinski definition) is 0. The molecule has 2 aliphatic rings. The summed E-state index contributed by atoms with van der Waals surface area (Å²) in [6.45, 7) is 9.96. The topological polar surface area (TPSA) is 57.7 Å². The molecule has 5 nitrogen and oxygen atoms in total. The molecule has 1 aliphatic carbocycles. The molecule has 3 rings (SSSR count). The van der Waals surface area contributed by atoms with Crippen LogP contribution in [0.5, 0.6) is 0 Å². The molecule has 1 aromatic rings. The van der Waals surface area contributed by atoms with Gasteiger partial charge in [0.1, 0.15) is 0 Å². The Kier molecular flexibility index (Phi) is 5.82. The Morgan fingerprint density at radius 1 is 1.07 bits per heavy atom. The Morgan fingerprint density at radius 2 is 1.68 bits per heavy atom. The lowest BCUT2D eigenvalue weighted by Gasteiger charge is -2.33. The molecule has 6 heteroatoms. The minimum absolute atomic E-state index is 0.00327. The fourth-order valence-corrected chi connectivity index (χ4v) is 5.17. The summed E-state index contributed by atoms with van der Waals surface area (Å²) in [6.07, 6.45) is 3.81. The van der Waals surface area contributed by atoms with E-state index in [0.717, 1.165) is 5.56 Å². The summed E-state index contributed by atoms with van der Waals surface area (Å²) in [5, 5.41) is 1.26. The highest BCUT2D eigenvalue weighted by Gasteiger charge is 2.61. The number of carbonyl (C=O) groups excluding carboxylic acids is 1. The van der Waals surface area contributed by atoms with E-state index >= 15 is 0 Å². The molecular formula is C22H30N2O3S. The lowest BCUT2D eigenvalue weighted by molar-refractivity contribution is -0.134. The van der Waals surface area contributed by atoms with Gasteiger partial charge in [-0.15, -0.1) is 0 Å². The van der Waals surface area contributed by atoms with Crippen molar-refractivity contribution in [1.29, 1.82) is 0 Å². The molecular weight excluding hydrogens is 372 g/mol. The van der Waals surface area contributed by atoms with Crippen LogP contribution in [0.3, 0.4) is 0 Å². The van der Waals surface area contributed by atoms with Crippen LogP contribution in [0.1, 0.15) is 33.3 Å². The largest absolute Gasteiger partial charge is 0.340 e. The Balaban J connectivity index is 1.59. The van der Waals surface area contributed by atoms with Crippen molar-refractivity contribution in [2.75, 3.05) is 26.2 Å². The summed E-state index contributed by atoms with van der Waals surface area (Å²) in [5.41, 5.74) is 2.06. The molecule has 0 radical (unpaired) electrons. The molecule has 0 spiro atoms. The maximum Gasteiger partial charge on any atom is 0.236 e. The van der Waals surface area contributed by atoms with Gasteiger partial charge in [0.25, 0.3) is 0 Å². The van der Waals surface area contributed by atoms with E-state index in [2.05, 4.69) is 33.8 Å². The molecule has 2 atom stereocenters. The van der Waals surface area contributed by atoms with Gasteiger partial charge in [-0.2, -0.15) is 4.31 Å². The fourth-order valence-electron chi connectivity index (χ4n) is 3.99. The number of piperazine rings is 1. The highest BCUT2D eigenvalue weighted by atomic mass is 32.2. The summed E-state index contributed by atoms with van der Waals surface area (Å²) < 4.78 is 26.6. The molecule has 1 saturated heterocycles. The fraction of sp³-hybridized carbons (Fsp3) is 0.500. The van der Waals surface area contributed by atoms with Gasteiger partial charge in [0.15, 0.2) is 0 Å². The average Bonchev–Trinajstić information content (AvgIpc) is 3.19. The zero-order valence-electron chi connectivity index (χ0n) is 17.1. The van der Waals surface area contributed by atoms with E-state index < -0.39 is 10.0 Å². The predicted molar refractivity (Wildman–Crippen MR) is 113 cm³/mol. The van der Waals surface area contributed by atoms with Crippen LogP contribution in [-0.2, 0) is 14.8 Å². The highest BCUT2D eigenvalue weighted by molar-refractivity contribution is 7.92. The number of amides is 1.